The Morgan fingerprint density at radius 3 is 3.04 bits per heavy atom. The van der Waals surface area contributed by atoms with Gasteiger partial charge in [0, 0.05) is 58.3 Å². The number of guanidine groups is 1. The lowest BCUT2D eigenvalue weighted by Crippen LogP contribution is -2.38. The van der Waals surface area contributed by atoms with E-state index < -0.39 is 0 Å². The largest absolute Gasteiger partial charge is 0.381 e. The van der Waals surface area contributed by atoms with Crippen molar-refractivity contribution in [2.24, 2.45) is 10.9 Å². The molecule has 0 aromatic rings. The van der Waals surface area contributed by atoms with Gasteiger partial charge in [0.15, 0.2) is 5.96 Å². The van der Waals surface area contributed by atoms with Gasteiger partial charge in [-0.3, -0.25) is 9.79 Å². The number of likely N-dealkylation sites (tertiary alicyclic amines) is 1. The van der Waals surface area contributed by atoms with Gasteiger partial charge in [0.2, 0.25) is 5.91 Å². The molecule has 2 saturated heterocycles. The van der Waals surface area contributed by atoms with Gasteiger partial charge in [0.25, 0.3) is 0 Å². The zero-order valence-corrected chi connectivity index (χ0v) is 17.0. The Balaban J connectivity index is 1.55. The molecule has 0 spiro atoms. The fourth-order valence-corrected chi connectivity index (χ4v) is 3.41. The first-order valence-electron chi connectivity index (χ1n) is 10.7. The Morgan fingerprint density at radius 2 is 2.22 bits per heavy atom. The van der Waals surface area contributed by atoms with Gasteiger partial charge in [-0.25, -0.2) is 0 Å². The summed E-state index contributed by atoms with van der Waals surface area (Å²) in [6, 6.07) is 0. The van der Waals surface area contributed by atoms with Gasteiger partial charge in [-0.15, -0.1) is 0 Å². The summed E-state index contributed by atoms with van der Waals surface area (Å²) in [6.07, 6.45) is 7.05. The van der Waals surface area contributed by atoms with Crippen molar-refractivity contribution in [1.82, 2.24) is 15.5 Å². The maximum Gasteiger partial charge on any atom is 0.222 e. The van der Waals surface area contributed by atoms with Crippen LogP contribution in [-0.2, 0) is 14.3 Å². The summed E-state index contributed by atoms with van der Waals surface area (Å²) >= 11 is 0. The van der Waals surface area contributed by atoms with Gasteiger partial charge in [-0.05, 0) is 39.0 Å². The number of nitrogens with one attached hydrogen (secondary N) is 2. The molecule has 1 atom stereocenters. The van der Waals surface area contributed by atoms with E-state index in [0.29, 0.717) is 18.2 Å². The van der Waals surface area contributed by atoms with Gasteiger partial charge in [-0.2, -0.15) is 0 Å². The van der Waals surface area contributed by atoms with E-state index in [2.05, 4.69) is 22.5 Å². The van der Waals surface area contributed by atoms with Gasteiger partial charge in [-0.1, -0.05) is 6.42 Å². The van der Waals surface area contributed by atoms with Crippen LogP contribution in [-0.4, -0.2) is 75.9 Å². The van der Waals surface area contributed by atoms with Crippen molar-refractivity contribution in [1.29, 1.82) is 0 Å². The molecule has 2 rings (SSSR count). The fraction of sp³-hybridized carbons (Fsp3) is 0.900. The summed E-state index contributed by atoms with van der Waals surface area (Å²) in [5.74, 6) is 1.74. The van der Waals surface area contributed by atoms with Crippen LogP contribution in [0.2, 0.25) is 0 Å². The van der Waals surface area contributed by atoms with E-state index in [1.165, 1.54) is 6.42 Å². The smallest absolute Gasteiger partial charge is 0.222 e. The molecular weight excluding hydrogens is 344 g/mol. The van der Waals surface area contributed by atoms with E-state index in [0.717, 1.165) is 97.2 Å². The van der Waals surface area contributed by atoms with Crippen molar-refractivity contribution in [2.45, 2.75) is 51.9 Å². The summed E-state index contributed by atoms with van der Waals surface area (Å²) in [7, 11) is 0. The molecule has 7 heteroatoms. The first-order valence-corrected chi connectivity index (χ1v) is 10.7. The molecule has 0 aliphatic carbocycles. The molecule has 0 bridgehead atoms. The van der Waals surface area contributed by atoms with E-state index in [4.69, 9.17) is 9.47 Å². The molecule has 0 aromatic heterocycles. The third kappa shape index (κ3) is 9.42. The number of carbonyl (C=O) groups is 1. The van der Waals surface area contributed by atoms with Crippen molar-refractivity contribution in [3.63, 3.8) is 0 Å². The highest BCUT2D eigenvalue weighted by Crippen LogP contribution is 2.12. The number of amides is 1. The summed E-state index contributed by atoms with van der Waals surface area (Å²) in [5.41, 5.74) is 0. The van der Waals surface area contributed by atoms with Crippen LogP contribution in [0.1, 0.15) is 51.9 Å². The molecule has 7 nitrogen and oxygen atoms in total. The summed E-state index contributed by atoms with van der Waals surface area (Å²) < 4.78 is 11.1. The SMILES string of the molecule is CCNC(=NCCCN1CCCCCC1=O)NCCCOCC1CCOC1. The molecule has 27 heavy (non-hydrogen) atoms. The van der Waals surface area contributed by atoms with Gasteiger partial charge < -0.3 is 25.0 Å². The van der Waals surface area contributed by atoms with E-state index in [-0.39, 0.29) is 0 Å². The number of rotatable bonds is 11. The van der Waals surface area contributed by atoms with Crippen LogP contribution in [0.4, 0.5) is 0 Å². The quantitative estimate of drug-likeness (QED) is 0.324. The Labute approximate surface area is 164 Å². The molecule has 2 N–H and O–H groups in total. The predicted octanol–water partition coefficient (Wildman–Crippen LogP) is 1.78. The van der Waals surface area contributed by atoms with Gasteiger partial charge in [0.1, 0.15) is 0 Å². The maximum absolute atomic E-state index is 12.0. The first-order chi connectivity index (χ1) is 13.3. The highest BCUT2D eigenvalue weighted by Gasteiger charge is 2.16. The molecule has 0 aromatic carbocycles. The molecule has 156 valence electrons. The summed E-state index contributed by atoms with van der Waals surface area (Å²) in [5, 5.41) is 6.64. The highest BCUT2D eigenvalue weighted by atomic mass is 16.5. The minimum atomic E-state index is 0.311. The van der Waals surface area contributed by atoms with Crippen molar-refractivity contribution in [3.05, 3.63) is 0 Å². The third-order valence-corrected chi connectivity index (χ3v) is 5.01. The van der Waals surface area contributed by atoms with Crippen molar-refractivity contribution < 1.29 is 14.3 Å². The molecular formula is C20H38N4O3. The fourth-order valence-electron chi connectivity index (χ4n) is 3.41. The normalized spacial score (nSPS) is 21.4. The molecule has 0 radical (unpaired) electrons. The van der Waals surface area contributed by atoms with Crippen molar-refractivity contribution >= 4 is 11.9 Å². The van der Waals surface area contributed by atoms with Crippen LogP contribution in [0, 0.1) is 5.92 Å². The summed E-state index contributed by atoms with van der Waals surface area (Å²) in [4.78, 5) is 18.6. The van der Waals surface area contributed by atoms with Crippen LogP contribution in [0.3, 0.4) is 0 Å². The average Bonchev–Trinajstić information content (AvgIpc) is 3.10. The standard InChI is InChI=1S/C20H38N4O3/c1-2-21-20(23-11-7-14-26-16-18-9-15-27-17-18)22-10-6-13-24-12-5-3-4-8-19(24)25/h18H,2-17H2,1H3,(H2,21,22,23). The van der Waals surface area contributed by atoms with Gasteiger partial charge in [0.05, 0.1) is 13.2 Å². The molecule has 2 heterocycles. The summed E-state index contributed by atoms with van der Waals surface area (Å²) in [6.45, 7) is 9.52. The molecule has 2 aliphatic rings. The number of nitrogens with zero attached hydrogens (tertiary/aromatic N) is 2. The monoisotopic (exact) mass is 382 g/mol. The van der Waals surface area contributed by atoms with E-state index in [1.807, 2.05) is 4.90 Å². The molecule has 1 amide bonds. The minimum absolute atomic E-state index is 0.311. The average molecular weight is 383 g/mol. The Morgan fingerprint density at radius 1 is 1.30 bits per heavy atom. The zero-order chi connectivity index (χ0) is 19.2. The lowest BCUT2D eigenvalue weighted by atomic mass is 10.1. The maximum atomic E-state index is 12.0. The van der Waals surface area contributed by atoms with Crippen LogP contribution in [0.25, 0.3) is 0 Å². The highest BCUT2D eigenvalue weighted by molar-refractivity contribution is 5.79. The number of ether oxygens (including phenoxy) is 2. The van der Waals surface area contributed by atoms with Crippen molar-refractivity contribution in [2.75, 3.05) is 59.2 Å². The Bertz CT molecular complexity index is 439. The second-order valence-corrected chi connectivity index (χ2v) is 7.39. The predicted molar refractivity (Wildman–Crippen MR) is 108 cm³/mol. The second kappa shape index (κ2) is 13.8. The second-order valence-electron chi connectivity index (χ2n) is 7.39. The molecule has 1 unspecified atom stereocenters. The number of carbonyl (C=O) groups excluding carboxylic acids is 1. The Kier molecular flexibility index (Phi) is 11.2. The van der Waals surface area contributed by atoms with Crippen LogP contribution in [0.5, 0.6) is 0 Å². The Hall–Kier alpha value is -1.34. The zero-order valence-electron chi connectivity index (χ0n) is 17.0. The number of hydrogen-bond donors (Lipinski definition) is 2. The molecule has 2 fully saturated rings. The molecule has 2 aliphatic heterocycles. The number of aliphatic imine (C=N–C) groups is 1. The van der Waals surface area contributed by atoms with Crippen LogP contribution < -0.4 is 10.6 Å². The van der Waals surface area contributed by atoms with E-state index in [9.17, 15) is 4.79 Å². The van der Waals surface area contributed by atoms with Crippen LogP contribution in [0.15, 0.2) is 4.99 Å². The minimum Gasteiger partial charge on any atom is -0.381 e. The topological polar surface area (TPSA) is 75.2 Å². The first kappa shape index (κ1) is 22.0. The van der Waals surface area contributed by atoms with Gasteiger partial charge >= 0.3 is 0 Å². The van der Waals surface area contributed by atoms with Crippen molar-refractivity contribution in [3.8, 4) is 0 Å². The molecule has 0 saturated carbocycles. The lowest BCUT2D eigenvalue weighted by Gasteiger charge is -2.20. The van der Waals surface area contributed by atoms with E-state index in [1.54, 1.807) is 0 Å². The van der Waals surface area contributed by atoms with Crippen LogP contribution >= 0.6 is 0 Å². The lowest BCUT2D eigenvalue weighted by molar-refractivity contribution is -0.130. The third-order valence-electron chi connectivity index (χ3n) is 5.01. The van der Waals surface area contributed by atoms with E-state index >= 15 is 0 Å². The number of hydrogen-bond acceptors (Lipinski definition) is 4.